The van der Waals surface area contributed by atoms with Gasteiger partial charge in [-0.2, -0.15) is 0 Å². The molecule has 1 atom stereocenters. The van der Waals surface area contributed by atoms with Crippen molar-refractivity contribution in [2.45, 2.75) is 71.1 Å². The number of nitrogens with one attached hydrogen (secondary N) is 2. The highest BCUT2D eigenvalue weighted by atomic mass is 16.6. The molecule has 1 aromatic rings. The first-order valence-corrected chi connectivity index (χ1v) is 10.3. The molecule has 2 rings (SSSR count). The maximum Gasteiger partial charge on any atom is 0.408 e. The number of benzene rings is 1. The van der Waals surface area contributed by atoms with Gasteiger partial charge < -0.3 is 20.3 Å². The molecule has 7 nitrogen and oxygen atoms in total. The number of ether oxygens (including phenoxy) is 1. The molecule has 7 heteroatoms. The van der Waals surface area contributed by atoms with Crippen molar-refractivity contribution in [3.63, 3.8) is 0 Å². The Bertz CT molecular complexity index is 696. The second-order valence-electron chi connectivity index (χ2n) is 8.35. The summed E-state index contributed by atoms with van der Waals surface area (Å²) in [7, 11) is 0. The summed E-state index contributed by atoms with van der Waals surface area (Å²) in [4.78, 5) is 39.6. The first-order chi connectivity index (χ1) is 13.7. The molecule has 3 amide bonds. The van der Waals surface area contributed by atoms with Crippen molar-refractivity contribution in [3.05, 3.63) is 35.9 Å². The maximum absolute atomic E-state index is 13.0. The summed E-state index contributed by atoms with van der Waals surface area (Å²) in [5.41, 5.74) is 0.119. The van der Waals surface area contributed by atoms with Crippen LogP contribution in [0.15, 0.2) is 30.3 Å². The van der Waals surface area contributed by atoms with Gasteiger partial charge in [0.05, 0.1) is 0 Å². The number of nitrogens with zero attached hydrogens (tertiary/aromatic N) is 1. The zero-order chi connectivity index (χ0) is 21.4. The molecule has 0 radical (unpaired) electrons. The first kappa shape index (κ1) is 22.7. The molecule has 0 bridgehead atoms. The second kappa shape index (κ2) is 10.3. The van der Waals surface area contributed by atoms with Crippen molar-refractivity contribution < 1.29 is 19.1 Å². The van der Waals surface area contributed by atoms with E-state index in [1.807, 2.05) is 30.3 Å². The van der Waals surface area contributed by atoms with Crippen LogP contribution in [0.5, 0.6) is 0 Å². The highest BCUT2D eigenvalue weighted by Gasteiger charge is 2.41. The van der Waals surface area contributed by atoms with Gasteiger partial charge in [0.2, 0.25) is 11.8 Å². The standard InChI is InChI=1S/C22H33N3O4/c1-5-6-14-23-20(27)19(16-10-8-7-9-11-16)25(17-12-13-17)18(26)15-24-21(28)29-22(2,3)4/h7-11,17,19H,5-6,12-15H2,1-4H3,(H,23,27)(H,24,28). The average molecular weight is 404 g/mol. The Labute approximate surface area is 173 Å². The highest BCUT2D eigenvalue weighted by molar-refractivity contribution is 5.90. The molecule has 29 heavy (non-hydrogen) atoms. The number of alkyl carbamates (subject to hydrolysis) is 1. The molecule has 0 aromatic heterocycles. The lowest BCUT2D eigenvalue weighted by atomic mass is 10.0. The number of carbonyl (C=O) groups is 3. The molecule has 0 heterocycles. The summed E-state index contributed by atoms with van der Waals surface area (Å²) in [6.07, 6.45) is 2.91. The average Bonchev–Trinajstić information content (AvgIpc) is 3.48. The number of rotatable bonds is 9. The van der Waals surface area contributed by atoms with E-state index in [0.29, 0.717) is 6.54 Å². The lowest BCUT2D eigenvalue weighted by Gasteiger charge is -2.32. The summed E-state index contributed by atoms with van der Waals surface area (Å²) >= 11 is 0. The van der Waals surface area contributed by atoms with Gasteiger partial charge in [-0.1, -0.05) is 43.7 Å². The van der Waals surface area contributed by atoms with E-state index in [2.05, 4.69) is 17.6 Å². The van der Waals surface area contributed by atoms with E-state index in [1.165, 1.54) is 0 Å². The van der Waals surface area contributed by atoms with Crippen molar-refractivity contribution in [1.82, 2.24) is 15.5 Å². The Hall–Kier alpha value is -2.57. The molecule has 1 fully saturated rings. The van der Waals surface area contributed by atoms with Crippen LogP contribution >= 0.6 is 0 Å². The monoisotopic (exact) mass is 403 g/mol. The Morgan fingerprint density at radius 3 is 2.34 bits per heavy atom. The van der Waals surface area contributed by atoms with Crippen molar-refractivity contribution in [3.8, 4) is 0 Å². The lowest BCUT2D eigenvalue weighted by Crippen LogP contribution is -2.48. The fourth-order valence-corrected chi connectivity index (χ4v) is 3.02. The number of amides is 3. The van der Waals surface area contributed by atoms with Gasteiger partial charge in [-0.15, -0.1) is 0 Å². The summed E-state index contributed by atoms with van der Waals surface area (Å²) in [6.45, 7) is 7.70. The smallest absolute Gasteiger partial charge is 0.408 e. The van der Waals surface area contributed by atoms with Crippen LogP contribution in [-0.4, -0.2) is 47.5 Å². The van der Waals surface area contributed by atoms with Crippen molar-refractivity contribution in [2.75, 3.05) is 13.1 Å². The van der Waals surface area contributed by atoms with E-state index in [9.17, 15) is 14.4 Å². The van der Waals surface area contributed by atoms with Crippen LogP contribution in [0.3, 0.4) is 0 Å². The minimum atomic E-state index is -0.714. The molecule has 1 saturated carbocycles. The third-order valence-electron chi connectivity index (χ3n) is 4.48. The van der Waals surface area contributed by atoms with Crippen molar-refractivity contribution in [1.29, 1.82) is 0 Å². The Morgan fingerprint density at radius 1 is 1.14 bits per heavy atom. The summed E-state index contributed by atoms with van der Waals surface area (Å²) in [5, 5.41) is 5.47. The predicted molar refractivity (Wildman–Crippen MR) is 111 cm³/mol. The van der Waals surface area contributed by atoms with Crippen LogP contribution in [0.1, 0.15) is 65.0 Å². The van der Waals surface area contributed by atoms with Gasteiger partial charge in [-0.3, -0.25) is 9.59 Å². The molecular formula is C22H33N3O4. The van der Waals surface area contributed by atoms with Crippen molar-refractivity contribution in [2.24, 2.45) is 0 Å². The van der Waals surface area contributed by atoms with Gasteiger partial charge >= 0.3 is 6.09 Å². The molecule has 1 aliphatic rings. The molecule has 0 saturated heterocycles. The van der Waals surface area contributed by atoms with Gasteiger partial charge in [0.25, 0.3) is 0 Å². The van der Waals surface area contributed by atoms with Gasteiger partial charge in [0.1, 0.15) is 18.2 Å². The predicted octanol–water partition coefficient (Wildman–Crippen LogP) is 3.16. The largest absolute Gasteiger partial charge is 0.444 e. The fraction of sp³-hybridized carbons (Fsp3) is 0.591. The molecule has 1 aliphatic carbocycles. The van der Waals surface area contributed by atoms with Gasteiger partial charge in [-0.25, -0.2) is 4.79 Å². The summed E-state index contributed by atoms with van der Waals surface area (Å²) in [5.74, 6) is -0.486. The molecule has 160 valence electrons. The maximum atomic E-state index is 13.0. The molecule has 1 unspecified atom stereocenters. The molecule has 1 aromatic carbocycles. The molecular weight excluding hydrogens is 370 g/mol. The minimum absolute atomic E-state index is 0.00469. The molecule has 0 spiro atoms. The summed E-state index contributed by atoms with van der Waals surface area (Å²) < 4.78 is 5.20. The van der Waals surface area contributed by atoms with E-state index < -0.39 is 17.7 Å². The fourth-order valence-electron chi connectivity index (χ4n) is 3.02. The van der Waals surface area contributed by atoms with Crippen LogP contribution in [-0.2, 0) is 14.3 Å². The van der Waals surface area contributed by atoms with Crippen LogP contribution in [0.2, 0.25) is 0 Å². The zero-order valence-electron chi connectivity index (χ0n) is 17.9. The third kappa shape index (κ3) is 7.40. The van der Waals surface area contributed by atoms with E-state index in [-0.39, 0.29) is 24.4 Å². The zero-order valence-corrected chi connectivity index (χ0v) is 17.9. The lowest BCUT2D eigenvalue weighted by molar-refractivity contribution is -0.140. The Balaban J connectivity index is 2.15. The molecule has 2 N–H and O–H groups in total. The van der Waals surface area contributed by atoms with Gasteiger partial charge in [0, 0.05) is 12.6 Å². The van der Waals surface area contributed by atoms with Crippen LogP contribution in [0, 0.1) is 0 Å². The van der Waals surface area contributed by atoms with Crippen LogP contribution < -0.4 is 10.6 Å². The Kier molecular flexibility index (Phi) is 8.05. The quantitative estimate of drug-likeness (QED) is 0.620. The summed E-state index contributed by atoms with van der Waals surface area (Å²) in [6, 6.07) is 8.59. The number of hydrogen-bond acceptors (Lipinski definition) is 4. The second-order valence-corrected chi connectivity index (χ2v) is 8.35. The third-order valence-corrected chi connectivity index (χ3v) is 4.48. The van der Waals surface area contributed by atoms with Crippen LogP contribution in [0.25, 0.3) is 0 Å². The number of unbranched alkanes of at least 4 members (excludes halogenated alkanes) is 1. The molecule has 0 aliphatic heterocycles. The van der Waals surface area contributed by atoms with E-state index in [1.54, 1.807) is 25.7 Å². The van der Waals surface area contributed by atoms with Gasteiger partial charge in [-0.05, 0) is 45.6 Å². The number of carbonyl (C=O) groups excluding carboxylic acids is 3. The highest BCUT2D eigenvalue weighted by Crippen LogP contribution is 2.34. The normalized spacial score (nSPS) is 14.6. The minimum Gasteiger partial charge on any atom is -0.444 e. The van der Waals surface area contributed by atoms with E-state index >= 15 is 0 Å². The van der Waals surface area contributed by atoms with Gasteiger partial charge in [0.15, 0.2) is 0 Å². The van der Waals surface area contributed by atoms with Crippen molar-refractivity contribution >= 4 is 17.9 Å². The van der Waals surface area contributed by atoms with Crippen LogP contribution in [0.4, 0.5) is 4.79 Å². The SMILES string of the molecule is CCCCNC(=O)C(c1ccccc1)N(C(=O)CNC(=O)OC(C)(C)C)C1CC1. The first-order valence-electron chi connectivity index (χ1n) is 10.3. The Morgan fingerprint density at radius 2 is 1.79 bits per heavy atom. The van der Waals surface area contributed by atoms with E-state index in [0.717, 1.165) is 31.2 Å². The number of hydrogen-bond donors (Lipinski definition) is 2. The van der Waals surface area contributed by atoms with E-state index in [4.69, 9.17) is 4.74 Å². The topological polar surface area (TPSA) is 87.7 Å².